The predicted molar refractivity (Wildman–Crippen MR) is 383 cm³/mol. The highest BCUT2D eigenvalue weighted by Gasteiger charge is 2.21. The number of aromatic nitrogens is 5. The molecule has 0 bridgehead atoms. The van der Waals surface area contributed by atoms with Crippen molar-refractivity contribution in [2.45, 2.75) is 59.7 Å². The molecule has 0 unspecified atom stereocenters. The zero-order chi connectivity index (χ0) is 93.1. The summed E-state index contributed by atoms with van der Waals surface area (Å²) in [6.45, 7) is 6.01. The second-order valence-electron chi connectivity index (χ2n) is 20.9. The van der Waals surface area contributed by atoms with E-state index in [0.29, 0.717) is 27.6 Å². The number of para-hydroxylation sites is 10. The van der Waals surface area contributed by atoms with Gasteiger partial charge in [-0.3, -0.25) is 0 Å². The van der Waals surface area contributed by atoms with Gasteiger partial charge < -0.3 is 22.8 Å². The lowest BCUT2D eigenvalue weighted by atomic mass is 9.87. The molecule has 5 heteroatoms. The van der Waals surface area contributed by atoms with Gasteiger partial charge in [-0.05, 0) is 150 Å². The minimum atomic E-state index is -2.95. The summed E-state index contributed by atoms with van der Waals surface area (Å²) in [6, 6.07) is 32.1. The van der Waals surface area contributed by atoms with Crippen molar-refractivity contribution in [3.05, 3.63) is 367 Å². The molecule has 0 N–H and O–H groups in total. The normalized spacial score (nSPS) is 17.0. The second kappa shape index (κ2) is 27.4. The Bertz CT molecular complexity index is 6800. The lowest BCUT2D eigenvalue weighted by Crippen LogP contribution is -2.10. The summed E-state index contributed by atoms with van der Waals surface area (Å²) >= 11 is 0. The number of rotatable bonds is 8. The third-order valence-corrected chi connectivity index (χ3v) is 14.0. The smallest absolute Gasteiger partial charge is 0.0826 e. The zero-order valence-electron chi connectivity index (χ0n) is 85.3. The molecule has 90 heavy (non-hydrogen) atoms. The Morgan fingerprint density at radius 2 is 0.800 bits per heavy atom. The molecule has 16 aromatic rings. The number of nitrogens with zero attached hydrogens (tertiary/aromatic N) is 5. The van der Waals surface area contributed by atoms with E-state index in [1.807, 2.05) is 143 Å². The Balaban J connectivity index is 0.000000144. The standard InChI is InChI=1S/C21H17N.C18H19N.C16H15N.2C15H13N/c1-3-9-17(10-4-1)15-20-16-18-11-7-8-14-21(18)22(20)19-12-5-2-6-13-19;1-18(2,3)16-13-19(14-9-5-4-6-10-14)17-12-8-7-11-15(16)17;1-2-13-12-17(14-8-4-3-5-9-14)16-11-7-6-10-15(13)16;2*1-12-11-16(13-7-3-2-4-8-13)15-10-6-5-9-14(12)15/h1-14,16H,15H2;4-13H,1-3H3;3-12H,2H2,1H3;2*2-11H,1H3/i15D2;4D,5D,6D,7D,8D,9D,10D,11D,12D,13D;12D;1D3,2D,3D,4D,5D,6D,7D,8D,9D,10D,11D;2D,3D,4D,5D,6D,7D,8D,9D,10D,11D. The maximum atomic E-state index is 8.78. The molecule has 5 aromatic heterocycles. The van der Waals surface area contributed by atoms with Crippen LogP contribution in [0, 0.1) is 13.8 Å². The van der Waals surface area contributed by atoms with Crippen molar-refractivity contribution in [1.29, 1.82) is 0 Å². The molecular weight excluding hydrogens is 1090 g/mol. The minimum absolute atomic E-state index is 0.0792. The van der Waals surface area contributed by atoms with Gasteiger partial charge in [-0.1, -0.05) is 240 Å². The Kier molecular flexibility index (Phi) is 9.26. The monoisotopic (exact) mass is 1200 g/mol. The van der Waals surface area contributed by atoms with Crippen LogP contribution in [0.1, 0.15) is 111 Å². The van der Waals surface area contributed by atoms with Crippen molar-refractivity contribution in [2.24, 2.45) is 0 Å². The molecule has 0 radical (unpaired) electrons. The van der Waals surface area contributed by atoms with Gasteiger partial charge in [-0.15, -0.1) is 0 Å². The van der Waals surface area contributed by atoms with Crippen molar-refractivity contribution >= 4 is 54.5 Å². The molecule has 0 amide bonds. The van der Waals surface area contributed by atoms with E-state index in [4.69, 9.17) is 49.3 Å². The third kappa shape index (κ3) is 13.2. The Morgan fingerprint density at radius 1 is 0.378 bits per heavy atom. The molecular formula is C85H77N5. The summed E-state index contributed by atoms with van der Waals surface area (Å²) in [5.41, 5.74) is 3.92. The van der Waals surface area contributed by atoms with E-state index in [9.17, 15) is 0 Å². The van der Waals surface area contributed by atoms with Gasteiger partial charge in [0.15, 0.2) is 0 Å². The van der Waals surface area contributed by atoms with Crippen LogP contribution in [0.4, 0.5) is 0 Å². The van der Waals surface area contributed by atoms with E-state index in [0.717, 1.165) is 48.9 Å². The van der Waals surface area contributed by atoms with Crippen molar-refractivity contribution in [3.8, 4) is 28.4 Å². The topological polar surface area (TPSA) is 24.6 Å². The molecule has 0 saturated carbocycles. The van der Waals surface area contributed by atoms with Crippen LogP contribution >= 0.6 is 0 Å². The van der Waals surface area contributed by atoms with Crippen molar-refractivity contribution in [2.75, 3.05) is 0 Å². The van der Waals surface area contributed by atoms with Gasteiger partial charge in [0.25, 0.3) is 0 Å². The summed E-state index contributed by atoms with van der Waals surface area (Å²) in [4.78, 5) is 0. The average Bonchev–Trinajstić information content (AvgIpc) is 1.56. The van der Waals surface area contributed by atoms with Crippen LogP contribution in [-0.4, -0.2) is 22.8 Å². The van der Waals surface area contributed by atoms with E-state index in [1.54, 1.807) is 20.8 Å². The molecule has 0 atom stereocenters. The average molecular weight is 1200 g/mol. The molecule has 0 aliphatic heterocycles. The molecule has 5 nitrogen and oxygen atoms in total. The quantitative estimate of drug-likeness (QED) is 0.145. The number of benzene rings is 11. The van der Waals surface area contributed by atoms with Crippen LogP contribution in [0.2, 0.25) is 0 Å². The van der Waals surface area contributed by atoms with Crippen LogP contribution in [0.25, 0.3) is 83.0 Å². The molecule has 0 spiro atoms. The molecule has 0 aliphatic carbocycles. The van der Waals surface area contributed by atoms with E-state index >= 15 is 0 Å². The Hall–Kier alpha value is -10.9. The third-order valence-electron chi connectivity index (χ3n) is 14.0. The SMILES string of the molecule is [2H]C([2H])(c1ccccc1)c1cc2ccccc2n1-c1ccccc1.[2H]c1c(CC)c2ccccc2n1-c1ccccc1.[2H]c1c([2H])c([2H])c(-n2c([2H])c(C(C)(C)C)c3c([2H])c([2H])c([2H])c([2H])c32)c([2H])c1[2H].[2H]c1c([2H])c([2H])c(-n2c([2H])c(C([2H])([2H])[2H])c3c([2H])c([2H])c([2H])c([2H])c32)c([2H])c1[2H].[2H]c1c([2H])c([2H])c(-n2c([2H])c(C)c3c([2H])c([2H])c([2H])c([2H])c32)c([2H])c1[2H]. The highest BCUT2D eigenvalue weighted by molar-refractivity contribution is 5.89. The van der Waals surface area contributed by atoms with Gasteiger partial charge in [0.05, 0.1) is 70.1 Å². The van der Waals surface area contributed by atoms with Crippen molar-refractivity contribution in [3.63, 3.8) is 0 Å². The Labute approximate surface area is 580 Å². The summed E-state index contributed by atoms with van der Waals surface area (Å²) < 4.78 is 297. The van der Waals surface area contributed by atoms with Gasteiger partial charge in [0.1, 0.15) is 0 Å². The predicted octanol–water partition coefficient (Wildman–Crippen LogP) is 22.2. The highest BCUT2D eigenvalue weighted by Crippen LogP contribution is 2.34. The first-order chi connectivity index (χ1) is 59.0. The largest absolute Gasteiger partial charge is 0.316 e. The van der Waals surface area contributed by atoms with Crippen LogP contribution in [0.5, 0.6) is 0 Å². The number of fused-ring (bicyclic) bond motifs is 5. The summed E-state index contributed by atoms with van der Waals surface area (Å²) in [5.74, 6) is 0. The fourth-order valence-electron chi connectivity index (χ4n) is 9.89. The maximum Gasteiger partial charge on any atom is 0.0826 e. The van der Waals surface area contributed by atoms with Gasteiger partial charge >= 0.3 is 0 Å². The minimum Gasteiger partial charge on any atom is -0.316 e. The number of aryl methyl sites for hydroxylation is 3. The van der Waals surface area contributed by atoms with Crippen molar-refractivity contribution in [1.82, 2.24) is 22.8 Å². The molecule has 0 aliphatic rings. The van der Waals surface area contributed by atoms with E-state index in [2.05, 4.69) is 19.1 Å². The zero-order valence-corrected chi connectivity index (χ0v) is 49.3. The maximum absolute atomic E-state index is 8.78. The molecule has 5 heterocycles. The molecule has 16 rings (SSSR count). The van der Waals surface area contributed by atoms with E-state index in [-0.39, 0.29) is 63.2 Å². The second-order valence-corrected chi connectivity index (χ2v) is 20.9. The van der Waals surface area contributed by atoms with Crippen molar-refractivity contribution < 1.29 is 49.3 Å². The molecule has 0 saturated heterocycles. The fraction of sp³-hybridized carbons (Fsp3) is 0.106. The Morgan fingerprint density at radius 3 is 1.34 bits per heavy atom. The van der Waals surface area contributed by atoms with Crippen LogP contribution in [0.3, 0.4) is 0 Å². The summed E-state index contributed by atoms with van der Waals surface area (Å²) in [5, 5.41) is 1.98. The van der Waals surface area contributed by atoms with Crippen LogP contribution in [-0.2, 0) is 18.2 Å². The van der Waals surface area contributed by atoms with Crippen LogP contribution in [0.15, 0.2) is 333 Å². The number of hydrogen-bond donors (Lipinski definition) is 0. The van der Waals surface area contributed by atoms with Gasteiger partial charge in [-0.2, -0.15) is 0 Å². The van der Waals surface area contributed by atoms with Gasteiger partial charge in [0, 0.05) is 99.0 Å². The molecule has 442 valence electrons. The van der Waals surface area contributed by atoms with Gasteiger partial charge in [-0.25, -0.2) is 0 Å². The lowest BCUT2D eigenvalue weighted by molar-refractivity contribution is 0.594. The number of hydrogen-bond acceptors (Lipinski definition) is 0. The first-order valence-electron chi connectivity index (χ1n) is 46.4. The van der Waals surface area contributed by atoms with E-state index < -0.39 is 198 Å². The first kappa shape index (κ1) is 30.4. The molecule has 11 aromatic carbocycles. The first-order valence-corrected chi connectivity index (χ1v) is 28.4. The van der Waals surface area contributed by atoms with Gasteiger partial charge in [0.2, 0.25) is 0 Å². The summed E-state index contributed by atoms with van der Waals surface area (Å²) in [7, 11) is 0. The highest BCUT2D eigenvalue weighted by atomic mass is 15.0. The molecule has 0 fully saturated rings. The van der Waals surface area contributed by atoms with Crippen LogP contribution < -0.4 is 0 Å². The van der Waals surface area contributed by atoms with E-state index in [1.165, 1.54) is 12.3 Å². The fourth-order valence-corrected chi connectivity index (χ4v) is 9.89. The lowest BCUT2D eigenvalue weighted by Gasteiger charge is -2.17. The summed E-state index contributed by atoms with van der Waals surface area (Å²) in [6.07, 6.45) is -1.39.